The first kappa shape index (κ1) is 41.4. The van der Waals surface area contributed by atoms with Crippen molar-refractivity contribution in [3.63, 3.8) is 0 Å². The van der Waals surface area contributed by atoms with E-state index in [1.165, 1.54) is 31.0 Å². The Hall–Kier alpha value is -4.37. The Balaban J connectivity index is 1.78. The zero-order chi connectivity index (χ0) is 39.1. The number of ether oxygens (including phenoxy) is 4. The number of aliphatic imine (C=N–C) groups is 1. The molecule has 0 radical (unpaired) electrons. The Morgan fingerprint density at radius 2 is 1.72 bits per heavy atom. The van der Waals surface area contributed by atoms with E-state index in [9.17, 15) is 18.9 Å². The van der Waals surface area contributed by atoms with E-state index in [0.29, 0.717) is 11.2 Å². The maximum Gasteiger partial charge on any atom is 0.459 e. The number of esters is 3. The highest BCUT2D eigenvalue weighted by Gasteiger charge is 2.61. The van der Waals surface area contributed by atoms with E-state index in [1.807, 2.05) is 20.8 Å². The van der Waals surface area contributed by atoms with Crippen molar-refractivity contribution in [3.8, 4) is 5.75 Å². The number of rotatable bonds is 17. The Morgan fingerprint density at radius 3 is 2.34 bits per heavy atom. The molecule has 1 saturated heterocycles. The summed E-state index contributed by atoms with van der Waals surface area (Å²) < 4.78 is 52.3. The van der Waals surface area contributed by atoms with Crippen molar-refractivity contribution in [2.75, 3.05) is 26.0 Å². The Labute approximate surface area is 309 Å². The van der Waals surface area contributed by atoms with Crippen LogP contribution in [0.5, 0.6) is 5.75 Å². The normalized spacial score (nSPS) is 22.2. The number of nitrogens with one attached hydrogen (secondary N) is 1. The first-order valence-corrected chi connectivity index (χ1v) is 19.0. The Morgan fingerprint density at radius 1 is 1.06 bits per heavy atom. The SMILES string of the molecule is CCC(C)(C)COC(=O)[C@H](C)NP(=O)(OC[C@H]1O[C@@](/C=N\C)(c2ccc3c(N)ncnn23)[C@H](OC(=O)C(C)C)[C@@H]1OC(=O)C(C)C)Oc1ccccc1. The monoisotopic (exact) mass is 758 g/mol. The van der Waals surface area contributed by atoms with Crippen molar-refractivity contribution in [3.05, 3.63) is 54.5 Å². The van der Waals surface area contributed by atoms with Crippen LogP contribution in [-0.2, 0) is 48.0 Å². The number of carbonyl (C=O) groups is 3. The summed E-state index contributed by atoms with van der Waals surface area (Å²) in [5, 5.41) is 7.05. The van der Waals surface area contributed by atoms with E-state index >= 15 is 0 Å². The minimum atomic E-state index is -4.44. The molecule has 0 saturated carbocycles. The lowest BCUT2D eigenvalue weighted by atomic mass is 9.91. The van der Waals surface area contributed by atoms with Gasteiger partial charge in [0.05, 0.1) is 30.7 Å². The fraction of sp³-hybridized carbons (Fsp3) is 0.556. The van der Waals surface area contributed by atoms with Gasteiger partial charge in [0.15, 0.2) is 23.6 Å². The van der Waals surface area contributed by atoms with Crippen LogP contribution in [0, 0.1) is 17.3 Å². The van der Waals surface area contributed by atoms with Gasteiger partial charge in [0.25, 0.3) is 0 Å². The van der Waals surface area contributed by atoms with Gasteiger partial charge in [-0.3, -0.25) is 23.9 Å². The Bertz CT molecular complexity index is 1820. The lowest BCUT2D eigenvalue weighted by Crippen LogP contribution is -2.48. The Kier molecular flexibility index (Phi) is 13.4. The summed E-state index contributed by atoms with van der Waals surface area (Å²) in [6.45, 7) is 13.6. The molecule has 1 unspecified atom stereocenters. The quantitative estimate of drug-likeness (QED) is 0.0814. The second kappa shape index (κ2) is 17.2. The second-order valence-electron chi connectivity index (χ2n) is 14.2. The van der Waals surface area contributed by atoms with Crippen LogP contribution in [0.3, 0.4) is 0 Å². The maximum atomic E-state index is 14.6. The van der Waals surface area contributed by atoms with Gasteiger partial charge in [-0.25, -0.2) is 14.1 Å². The van der Waals surface area contributed by atoms with Crippen molar-refractivity contribution in [2.24, 2.45) is 22.2 Å². The third-order valence-corrected chi connectivity index (χ3v) is 10.4. The molecule has 1 aliphatic rings. The first-order chi connectivity index (χ1) is 25.0. The molecule has 0 bridgehead atoms. The summed E-state index contributed by atoms with van der Waals surface area (Å²) in [4.78, 5) is 48.0. The summed E-state index contributed by atoms with van der Waals surface area (Å²) in [6, 6.07) is 10.4. The van der Waals surface area contributed by atoms with E-state index < -0.39 is 74.1 Å². The standard InChI is InChI=1S/C36H51N6O10P/c1-10-35(7,8)20-47-34(45)24(6)41-53(46,52-25-14-12-11-13-15-25)48-18-27-29(49-32(43)22(2)3)30(50-33(44)23(4)5)36(51-27,19-38-9)28-17-16-26-31(37)39-21-40-42(26)28/h11-17,19,21-24,27,29-30H,10,18,20H2,1-9H3,(H,41,46)(H2,37,39,40)/b38-19-/t24-,27+,29+,30+,36-,53?/m0/s1. The van der Waals surface area contributed by atoms with Gasteiger partial charge in [-0.15, -0.1) is 0 Å². The number of benzene rings is 1. The molecule has 16 nitrogen and oxygen atoms in total. The van der Waals surface area contributed by atoms with Crippen LogP contribution in [0.1, 0.15) is 67.5 Å². The van der Waals surface area contributed by atoms with Gasteiger partial charge >= 0.3 is 25.7 Å². The molecule has 17 heteroatoms. The number of nitrogens with two attached hydrogens (primary N) is 1. The van der Waals surface area contributed by atoms with Gasteiger partial charge in [0.1, 0.15) is 29.7 Å². The topological polar surface area (TPSA) is 204 Å². The van der Waals surface area contributed by atoms with Gasteiger partial charge in [-0.1, -0.05) is 66.7 Å². The molecule has 290 valence electrons. The summed E-state index contributed by atoms with van der Waals surface area (Å²) in [5.74, 6) is -2.74. The van der Waals surface area contributed by atoms with Crippen molar-refractivity contribution in [1.29, 1.82) is 0 Å². The van der Waals surface area contributed by atoms with Crippen LogP contribution in [0.25, 0.3) is 5.52 Å². The molecule has 0 aliphatic carbocycles. The van der Waals surface area contributed by atoms with Gasteiger partial charge < -0.3 is 29.2 Å². The van der Waals surface area contributed by atoms with E-state index in [0.717, 1.165) is 6.42 Å². The highest BCUT2D eigenvalue weighted by Crippen LogP contribution is 2.48. The molecular formula is C36H51N6O10P. The van der Waals surface area contributed by atoms with Gasteiger partial charge in [-0.2, -0.15) is 10.2 Å². The van der Waals surface area contributed by atoms with E-state index in [-0.39, 0.29) is 23.6 Å². The van der Waals surface area contributed by atoms with Crippen LogP contribution in [-0.4, -0.2) is 83.3 Å². The maximum absolute atomic E-state index is 14.6. The molecule has 53 heavy (non-hydrogen) atoms. The number of nitrogen functional groups attached to an aromatic ring is 1. The van der Waals surface area contributed by atoms with Crippen LogP contribution >= 0.6 is 7.75 Å². The summed E-state index contributed by atoms with van der Waals surface area (Å²) >= 11 is 0. The molecule has 0 spiro atoms. The smallest absolute Gasteiger partial charge is 0.459 e. The van der Waals surface area contributed by atoms with Crippen molar-refractivity contribution in [1.82, 2.24) is 19.7 Å². The van der Waals surface area contributed by atoms with Gasteiger partial charge in [0.2, 0.25) is 0 Å². The van der Waals surface area contributed by atoms with Crippen molar-refractivity contribution in [2.45, 2.75) is 91.8 Å². The second-order valence-corrected chi connectivity index (χ2v) is 15.9. The lowest BCUT2D eigenvalue weighted by Gasteiger charge is -2.32. The number of nitrogens with zero attached hydrogens (tertiary/aromatic N) is 4. The number of hydrogen-bond donors (Lipinski definition) is 2. The third kappa shape index (κ3) is 9.79. The van der Waals surface area contributed by atoms with E-state index in [4.69, 9.17) is 33.7 Å². The van der Waals surface area contributed by atoms with Gasteiger partial charge in [0, 0.05) is 13.3 Å². The van der Waals surface area contributed by atoms with E-state index in [1.54, 1.807) is 70.2 Å². The lowest BCUT2D eigenvalue weighted by molar-refractivity contribution is -0.172. The number of aromatic nitrogens is 3. The molecule has 3 aromatic rings. The fourth-order valence-corrected chi connectivity index (χ4v) is 6.76. The predicted molar refractivity (Wildman–Crippen MR) is 196 cm³/mol. The highest BCUT2D eigenvalue weighted by molar-refractivity contribution is 7.52. The average Bonchev–Trinajstić information content (AvgIpc) is 3.67. The van der Waals surface area contributed by atoms with Crippen molar-refractivity contribution < 1.29 is 46.9 Å². The molecule has 6 atom stereocenters. The summed E-state index contributed by atoms with van der Waals surface area (Å²) in [6.07, 6.45) is -0.518. The number of para-hydroxylation sites is 1. The molecule has 3 N–H and O–H groups in total. The molecule has 4 rings (SSSR count). The predicted octanol–water partition coefficient (Wildman–Crippen LogP) is 4.90. The van der Waals surface area contributed by atoms with Crippen LogP contribution in [0.15, 0.2) is 53.8 Å². The molecule has 3 heterocycles. The highest BCUT2D eigenvalue weighted by atomic mass is 31.2. The van der Waals surface area contributed by atoms with E-state index in [2.05, 4.69) is 20.2 Å². The number of fused-ring (bicyclic) bond motifs is 1. The minimum absolute atomic E-state index is 0.139. The molecule has 1 aromatic carbocycles. The number of anilines is 1. The average molecular weight is 759 g/mol. The number of carbonyl (C=O) groups excluding carboxylic acids is 3. The fourth-order valence-electron chi connectivity index (χ4n) is 5.26. The zero-order valence-corrected chi connectivity index (χ0v) is 32.6. The molecule has 0 amide bonds. The minimum Gasteiger partial charge on any atom is -0.464 e. The molecule has 1 fully saturated rings. The van der Waals surface area contributed by atoms with Crippen molar-refractivity contribution >= 4 is 43.2 Å². The summed E-state index contributed by atoms with van der Waals surface area (Å²) in [7, 11) is -2.94. The number of hydrogen-bond acceptors (Lipinski definition) is 14. The zero-order valence-electron chi connectivity index (χ0n) is 31.7. The largest absolute Gasteiger partial charge is 0.464 e. The van der Waals surface area contributed by atoms with Gasteiger partial charge in [-0.05, 0) is 43.0 Å². The summed E-state index contributed by atoms with van der Waals surface area (Å²) in [5.41, 5.74) is 4.87. The van der Waals surface area contributed by atoms with Crippen LogP contribution in [0.2, 0.25) is 0 Å². The first-order valence-electron chi connectivity index (χ1n) is 17.5. The van der Waals surface area contributed by atoms with Crippen LogP contribution < -0.4 is 15.3 Å². The third-order valence-electron chi connectivity index (χ3n) is 8.72. The molecule has 1 aliphatic heterocycles. The van der Waals surface area contributed by atoms with Crippen LogP contribution in [0.4, 0.5) is 5.82 Å². The molecular weight excluding hydrogens is 707 g/mol. The molecule has 2 aromatic heterocycles.